The maximum absolute atomic E-state index is 12.6. The van der Waals surface area contributed by atoms with Crippen LogP contribution < -0.4 is 5.73 Å². The first kappa shape index (κ1) is 53.2. The number of ether oxygens (including phenoxy) is 2. The van der Waals surface area contributed by atoms with E-state index < -0.39 is 26.5 Å². The molecule has 2 atom stereocenters. The SMILES string of the molecule is CCCCC/C=C\C/C=C\CCCCCCCCCCCC(=O)O[C@H](COC(=O)CCCCCCCCC/C=C\CCCCCC)COP(=O)(O)OCCN. The molecule has 55 heavy (non-hydrogen) atoms. The zero-order chi connectivity index (χ0) is 40.3. The molecule has 0 aliphatic rings. The van der Waals surface area contributed by atoms with Gasteiger partial charge in [0.1, 0.15) is 6.61 Å². The lowest BCUT2D eigenvalue weighted by Gasteiger charge is -2.19. The highest BCUT2D eigenvalue weighted by Gasteiger charge is 2.26. The van der Waals surface area contributed by atoms with Crippen LogP contribution in [0.4, 0.5) is 0 Å². The Morgan fingerprint density at radius 2 is 0.945 bits per heavy atom. The van der Waals surface area contributed by atoms with E-state index >= 15 is 0 Å². The van der Waals surface area contributed by atoms with Crippen molar-refractivity contribution in [3.8, 4) is 0 Å². The molecule has 0 amide bonds. The Balaban J connectivity index is 4.13. The number of phosphoric ester groups is 1. The number of carbonyl (C=O) groups is 2. The second kappa shape index (κ2) is 41.9. The summed E-state index contributed by atoms with van der Waals surface area (Å²) in [6, 6.07) is 0. The highest BCUT2D eigenvalue weighted by molar-refractivity contribution is 7.47. The molecule has 0 aliphatic heterocycles. The summed E-state index contributed by atoms with van der Waals surface area (Å²) in [5.41, 5.74) is 5.35. The van der Waals surface area contributed by atoms with Crippen LogP contribution in [0.15, 0.2) is 36.5 Å². The minimum absolute atomic E-state index is 0.0520. The molecule has 0 saturated carbocycles. The number of carbonyl (C=O) groups excluding carboxylic acids is 2. The number of esters is 2. The van der Waals surface area contributed by atoms with Crippen molar-refractivity contribution in [2.24, 2.45) is 5.73 Å². The van der Waals surface area contributed by atoms with E-state index in [1.54, 1.807) is 0 Å². The summed E-state index contributed by atoms with van der Waals surface area (Å²) in [6.45, 7) is 3.70. The van der Waals surface area contributed by atoms with Gasteiger partial charge in [0.25, 0.3) is 0 Å². The monoisotopic (exact) mass is 798 g/mol. The van der Waals surface area contributed by atoms with Gasteiger partial charge in [-0.2, -0.15) is 0 Å². The number of unbranched alkanes of at least 4 members (excludes halogenated alkanes) is 23. The first-order valence-electron chi connectivity index (χ1n) is 22.5. The smallest absolute Gasteiger partial charge is 0.462 e. The molecular weight excluding hydrogens is 713 g/mol. The van der Waals surface area contributed by atoms with Crippen molar-refractivity contribution in [1.29, 1.82) is 0 Å². The largest absolute Gasteiger partial charge is 0.472 e. The minimum atomic E-state index is -4.38. The van der Waals surface area contributed by atoms with Crippen molar-refractivity contribution in [3.63, 3.8) is 0 Å². The van der Waals surface area contributed by atoms with Gasteiger partial charge in [-0.05, 0) is 70.6 Å². The lowest BCUT2D eigenvalue weighted by molar-refractivity contribution is -0.161. The molecule has 0 saturated heterocycles. The van der Waals surface area contributed by atoms with Crippen LogP contribution in [-0.4, -0.2) is 49.3 Å². The first-order chi connectivity index (χ1) is 26.8. The summed E-state index contributed by atoms with van der Waals surface area (Å²) in [6.07, 6.45) is 45.9. The summed E-state index contributed by atoms with van der Waals surface area (Å²) in [7, 11) is -4.38. The predicted octanol–water partition coefficient (Wildman–Crippen LogP) is 12.9. The van der Waals surface area contributed by atoms with Gasteiger partial charge >= 0.3 is 19.8 Å². The first-order valence-corrected chi connectivity index (χ1v) is 24.0. The normalized spacial score (nSPS) is 13.6. The van der Waals surface area contributed by atoms with E-state index in [1.165, 1.54) is 109 Å². The van der Waals surface area contributed by atoms with E-state index in [-0.39, 0.29) is 38.6 Å². The van der Waals surface area contributed by atoms with E-state index in [1.807, 2.05) is 0 Å². The fraction of sp³-hybridized carbons (Fsp3) is 0.822. The number of rotatable bonds is 42. The fourth-order valence-corrected chi connectivity index (χ4v) is 6.89. The van der Waals surface area contributed by atoms with Gasteiger partial charge < -0.3 is 20.1 Å². The summed E-state index contributed by atoms with van der Waals surface area (Å²) >= 11 is 0. The highest BCUT2D eigenvalue weighted by atomic mass is 31.2. The lowest BCUT2D eigenvalue weighted by Crippen LogP contribution is -2.29. The van der Waals surface area contributed by atoms with Crippen molar-refractivity contribution in [2.45, 2.75) is 213 Å². The Bertz CT molecular complexity index is 1000. The van der Waals surface area contributed by atoms with Crippen LogP contribution >= 0.6 is 7.82 Å². The van der Waals surface area contributed by atoms with Crippen LogP contribution in [0.25, 0.3) is 0 Å². The molecule has 0 bridgehead atoms. The summed E-state index contributed by atoms with van der Waals surface area (Å²) in [5, 5.41) is 0. The molecule has 0 radical (unpaired) electrons. The molecule has 1 unspecified atom stereocenters. The Morgan fingerprint density at radius 3 is 1.44 bits per heavy atom. The van der Waals surface area contributed by atoms with E-state index in [2.05, 4.69) is 50.3 Å². The van der Waals surface area contributed by atoms with Crippen LogP contribution in [-0.2, 0) is 32.7 Å². The highest BCUT2D eigenvalue weighted by Crippen LogP contribution is 2.43. The van der Waals surface area contributed by atoms with Crippen LogP contribution in [0.5, 0.6) is 0 Å². The van der Waals surface area contributed by atoms with Gasteiger partial charge in [-0.15, -0.1) is 0 Å². The maximum atomic E-state index is 12.6. The van der Waals surface area contributed by atoms with E-state index in [9.17, 15) is 19.0 Å². The van der Waals surface area contributed by atoms with Gasteiger partial charge in [0, 0.05) is 19.4 Å². The van der Waals surface area contributed by atoms with Crippen molar-refractivity contribution >= 4 is 19.8 Å². The number of phosphoric acid groups is 1. The third-order valence-electron chi connectivity index (χ3n) is 9.50. The lowest BCUT2D eigenvalue weighted by atomic mass is 10.1. The molecule has 10 heteroatoms. The molecule has 0 heterocycles. The van der Waals surface area contributed by atoms with Crippen molar-refractivity contribution in [3.05, 3.63) is 36.5 Å². The van der Waals surface area contributed by atoms with Gasteiger partial charge in [-0.1, -0.05) is 159 Å². The number of hydrogen-bond acceptors (Lipinski definition) is 8. The molecule has 0 rings (SSSR count). The third kappa shape index (κ3) is 41.7. The van der Waals surface area contributed by atoms with Crippen LogP contribution in [0, 0.1) is 0 Å². The molecule has 0 fully saturated rings. The Kier molecular flexibility index (Phi) is 40.5. The Labute approximate surface area is 337 Å². The second-order valence-corrected chi connectivity index (χ2v) is 16.4. The molecular formula is C45H84NO8P. The van der Waals surface area contributed by atoms with Crippen LogP contribution in [0.1, 0.15) is 206 Å². The van der Waals surface area contributed by atoms with Gasteiger partial charge in [0.05, 0.1) is 13.2 Å². The van der Waals surface area contributed by atoms with Gasteiger partial charge in [0.2, 0.25) is 0 Å². The molecule has 0 spiro atoms. The number of hydrogen-bond donors (Lipinski definition) is 2. The van der Waals surface area contributed by atoms with Gasteiger partial charge in [-0.3, -0.25) is 18.6 Å². The van der Waals surface area contributed by atoms with E-state index in [0.29, 0.717) is 6.42 Å². The minimum Gasteiger partial charge on any atom is -0.462 e. The quantitative estimate of drug-likeness (QED) is 0.0268. The zero-order valence-electron chi connectivity index (χ0n) is 35.4. The fourth-order valence-electron chi connectivity index (χ4n) is 6.13. The second-order valence-electron chi connectivity index (χ2n) is 14.9. The number of allylic oxidation sites excluding steroid dienone is 6. The zero-order valence-corrected chi connectivity index (χ0v) is 36.3. The molecule has 0 aromatic rings. The average Bonchev–Trinajstić information content (AvgIpc) is 3.17. The summed E-state index contributed by atoms with van der Waals surface area (Å²) in [5.74, 6) is -0.835. The van der Waals surface area contributed by atoms with Gasteiger partial charge in [0.15, 0.2) is 6.10 Å². The number of nitrogens with two attached hydrogens (primary N) is 1. The Morgan fingerprint density at radius 1 is 0.545 bits per heavy atom. The van der Waals surface area contributed by atoms with Gasteiger partial charge in [-0.25, -0.2) is 4.57 Å². The van der Waals surface area contributed by atoms with Crippen LogP contribution in [0.3, 0.4) is 0 Å². The van der Waals surface area contributed by atoms with Crippen LogP contribution in [0.2, 0.25) is 0 Å². The maximum Gasteiger partial charge on any atom is 0.472 e. The summed E-state index contributed by atoms with van der Waals surface area (Å²) in [4.78, 5) is 34.9. The molecule has 3 N–H and O–H groups in total. The standard InChI is InChI=1S/C45H84NO8P/c1-3-5-7-9-11-13-15-17-19-20-21-22-24-26-28-30-32-34-36-38-45(48)54-43(42-53-55(49,50)52-40-39-46)41-51-44(47)37-35-33-31-29-27-25-23-18-16-14-12-10-8-6-4-2/h11,13-14,16-17,19,43H,3-10,12,15,18,20-42,46H2,1-2H3,(H,49,50)/b13-11-,16-14-,19-17-/t43-/m1/s1. The average molecular weight is 798 g/mol. The Hall–Kier alpha value is -1.77. The van der Waals surface area contributed by atoms with Crippen molar-refractivity contribution in [2.75, 3.05) is 26.4 Å². The molecule has 0 aromatic heterocycles. The van der Waals surface area contributed by atoms with E-state index in [4.69, 9.17) is 24.3 Å². The topological polar surface area (TPSA) is 134 Å². The summed E-state index contributed by atoms with van der Waals surface area (Å²) < 4.78 is 32.8. The molecule has 0 aromatic carbocycles. The van der Waals surface area contributed by atoms with E-state index in [0.717, 1.165) is 64.2 Å². The van der Waals surface area contributed by atoms with Crippen molar-refractivity contribution < 1.29 is 37.6 Å². The predicted molar refractivity (Wildman–Crippen MR) is 229 cm³/mol. The molecule has 322 valence electrons. The molecule has 0 aliphatic carbocycles. The van der Waals surface area contributed by atoms with Crippen molar-refractivity contribution in [1.82, 2.24) is 0 Å². The molecule has 9 nitrogen and oxygen atoms in total. The third-order valence-corrected chi connectivity index (χ3v) is 10.5.